The molecule has 2 heterocycles. The van der Waals surface area contributed by atoms with E-state index in [1.54, 1.807) is 29.2 Å². The molecule has 1 unspecified atom stereocenters. The van der Waals surface area contributed by atoms with E-state index in [4.69, 9.17) is 39.5 Å². The van der Waals surface area contributed by atoms with Crippen molar-refractivity contribution in [3.63, 3.8) is 0 Å². The maximum absolute atomic E-state index is 12.5. The molecule has 23 heavy (non-hydrogen) atoms. The Morgan fingerprint density at radius 1 is 1.17 bits per heavy atom. The summed E-state index contributed by atoms with van der Waals surface area (Å²) in [5.41, 5.74) is 1.25. The van der Waals surface area contributed by atoms with Gasteiger partial charge in [0.05, 0.1) is 28.2 Å². The second-order valence-corrected chi connectivity index (χ2v) is 6.40. The SMILES string of the molecule is O=C(c1ccc(Cl)cn1)N1CCOC(c2ccc(Cl)c(Cl)c2)C1. The molecule has 0 aliphatic carbocycles. The maximum Gasteiger partial charge on any atom is 0.272 e. The van der Waals surface area contributed by atoms with E-state index in [9.17, 15) is 4.79 Å². The third kappa shape index (κ3) is 3.78. The molecule has 1 aromatic heterocycles. The zero-order chi connectivity index (χ0) is 16.4. The highest BCUT2D eigenvalue weighted by Crippen LogP contribution is 2.29. The zero-order valence-corrected chi connectivity index (χ0v) is 14.3. The lowest BCUT2D eigenvalue weighted by Gasteiger charge is -2.33. The summed E-state index contributed by atoms with van der Waals surface area (Å²) >= 11 is 17.8. The number of ether oxygens (including phenoxy) is 1. The van der Waals surface area contributed by atoms with Gasteiger partial charge in [-0.05, 0) is 29.8 Å². The monoisotopic (exact) mass is 370 g/mol. The minimum absolute atomic E-state index is 0.143. The second-order valence-electron chi connectivity index (χ2n) is 5.15. The first-order chi connectivity index (χ1) is 11.0. The van der Waals surface area contributed by atoms with Crippen LogP contribution in [-0.4, -0.2) is 35.5 Å². The van der Waals surface area contributed by atoms with Gasteiger partial charge >= 0.3 is 0 Å². The Labute approximate surface area is 148 Å². The number of amides is 1. The summed E-state index contributed by atoms with van der Waals surface area (Å²) in [7, 11) is 0. The third-order valence-electron chi connectivity index (χ3n) is 3.62. The van der Waals surface area contributed by atoms with Crippen LogP contribution in [0.2, 0.25) is 15.1 Å². The molecule has 3 rings (SSSR count). The van der Waals surface area contributed by atoms with Crippen molar-refractivity contribution in [2.45, 2.75) is 6.10 Å². The molecule has 7 heteroatoms. The van der Waals surface area contributed by atoms with Crippen LogP contribution in [0.15, 0.2) is 36.5 Å². The van der Waals surface area contributed by atoms with Crippen molar-refractivity contribution in [3.05, 3.63) is 62.9 Å². The standard InChI is InChI=1S/C16H13Cl3N2O2/c17-11-2-4-14(20-8-11)16(22)21-5-6-23-15(9-21)10-1-3-12(18)13(19)7-10/h1-4,7-8,15H,5-6,9H2. The quantitative estimate of drug-likeness (QED) is 0.792. The number of carbonyl (C=O) groups is 1. The highest BCUT2D eigenvalue weighted by Gasteiger charge is 2.27. The third-order valence-corrected chi connectivity index (χ3v) is 4.58. The van der Waals surface area contributed by atoms with Crippen LogP contribution in [0.3, 0.4) is 0 Å². The average molecular weight is 372 g/mol. The predicted molar refractivity (Wildman–Crippen MR) is 90.3 cm³/mol. The lowest BCUT2D eigenvalue weighted by molar-refractivity contribution is -0.0230. The van der Waals surface area contributed by atoms with Crippen molar-refractivity contribution in [2.24, 2.45) is 0 Å². The van der Waals surface area contributed by atoms with Crippen molar-refractivity contribution >= 4 is 40.7 Å². The Balaban J connectivity index is 1.76. The van der Waals surface area contributed by atoms with Crippen molar-refractivity contribution in [3.8, 4) is 0 Å². The van der Waals surface area contributed by atoms with Gasteiger partial charge < -0.3 is 9.64 Å². The van der Waals surface area contributed by atoms with E-state index in [2.05, 4.69) is 4.98 Å². The topological polar surface area (TPSA) is 42.4 Å². The number of morpholine rings is 1. The fourth-order valence-corrected chi connectivity index (χ4v) is 2.83. The van der Waals surface area contributed by atoms with Gasteiger partial charge in [0.2, 0.25) is 0 Å². The normalized spacial score (nSPS) is 18.0. The molecular formula is C16H13Cl3N2O2. The maximum atomic E-state index is 12.5. The van der Waals surface area contributed by atoms with Crippen LogP contribution in [-0.2, 0) is 4.74 Å². The van der Waals surface area contributed by atoms with Crippen molar-refractivity contribution < 1.29 is 9.53 Å². The molecule has 1 aliphatic rings. The molecule has 1 atom stereocenters. The van der Waals surface area contributed by atoms with Crippen molar-refractivity contribution in [1.29, 1.82) is 0 Å². The van der Waals surface area contributed by atoms with E-state index >= 15 is 0 Å². The highest BCUT2D eigenvalue weighted by molar-refractivity contribution is 6.42. The summed E-state index contributed by atoms with van der Waals surface area (Å²) in [5.74, 6) is -0.143. The number of benzene rings is 1. The molecule has 0 radical (unpaired) electrons. The second kappa shape index (κ2) is 7.05. The molecule has 1 saturated heterocycles. The largest absolute Gasteiger partial charge is 0.370 e. The Morgan fingerprint density at radius 3 is 2.70 bits per heavy atom. The molecule has 0 spiro atoms. The number of hydrogen-bond donors (Lipinski definition) is 0. The van der Waals surface area contributed by atoms with Crippen LogP contribution in [0.5, 0.6) is 0 Å². The zero-order valence-electron chi connectivity index (χ0n) is 12.0. The van der Waals surface area contributed by atoms with E-state index in [0.29, 0.717) is 40.5 Å². The van der Waals surface area contributed by atoms with Crippen molar-refractivity contribution in [1.82, 2.24) is 9.88 Å². The number of nitrogens with zero attached hydrogens (tertiary/aromatic N) is 2. The lowest BCUT2D eigenvalue weighted by atomic mass is 10.1. The molecule has 0 bridgehead atoms. The average Bonchev–Trinajstić information content (AvgIpc) is 2.57. The number of rotatable bonds is 2. The first kappa shape index (κ1) is 16.5. The summed E-state index contributed by atoms with van der Waals surface area (Å²) in [6, 6.07) is 8.62. The van der Waals surface area contributed by atoms with Crippen molar-refractivity contribution in [2.75, 3.05) is 19.7 Å². The van der Waals surface area contributed by atoms with Gasteiger partial charge in [-0.3, -0.25) is 4.79 Å². The molecule has 1 aromatic carbocycles. The first-order valence-electron chi connectivity index (χ1n) is 7.02. The molecule has 1 aliphatic heterocycles. The minimum Gasteiger partial charge on any atom is -0.370 e. The summed E-state index contributed by atoms with van der Waals surface area (Å²) in [4.78, 5) is 18.3. The van der Waals surface area contributed by atoms with Crippen LogP contribution in [0.25, 0.3) is 0 Å². The Kier molecular flexibility index (Phi) is 5.07. The Bertz CT molecular complexity index is 722. The molecule has 1 amide bonds. The predicted octanol–water partition coefficient (Wildman–Crippen LogP) is 4.26. The smallest absolute Gasteiger partial charge is 0.272 e. The Morgan fingerprint density at radius 2 is 2.00 bits per heavy atom. The Hall–Kier alpha value is -1.33. The molecular weight excluding hydrogens is 359 g/mol. The summed E-state index contributed by atoms with van der Waals surface area (Å²) in [6.45, 7) is 1.40. The fraction of sp³-hybridized carbons (Fsp3) is 0.250. The van der Waals surface area contributed by atoms with E-state index < -0.39 is 0 Å². The number of halogens is 3. The van der Waals surface area contributed by atoms with Crippen LogP contribution < -0.4 is 0 Å². The van der Waals surface area contributed by atoms with Gasteiger partial charge in [0, 0.05) is 12.7 Å². The van der Waals surface area contributed by atoms with Gasteiger partial charge in [-0.25, -0.2) is 4.98 Å². The summed E-state index contributed by atoms with van der Waals surface area (Å²) < 4.78 is 5.76. The number of aromatic nitrogens is 1. The van der Waals surface area contributed by atoms with Crippen LogP contribution in [0.1, 0.15) is 22.2 Å². The van der Waals surface area contributed by atoms with Gasteiger partial charge in [0.15, 0.2) is 0 Å². The molecule has 120 valence electrons. The van der Waals surface area contributed by atoms with Crippen LogP contribution in [0, 0.1) is 0 Å². The van der Waals surface area contributed by atoms with Gasteiger partial charge in [0.1, 0.15) is 11.8 Å². The number of pyridine rings is 1. The molecule has 1 fully saturated rings. The number of carbonyl (C=O) groups excluding carboxylic acids is 1. The van der Waals surface area contributed by atoms with E-state index in [0.717, 1.165) is 5.56 Å². The number of hydrogen-bond acceptors (Lipinski definition) is 3. The summed E-state index contributed by atoms with van der Waals surface area (Å²) in [6.07, 6.45) is 1.22. The molecule has 2 aromatic rings. The van der Waals surface area contributed by atoms with Crippen LogP contribution in [0.4, 0.5) is 0 Å². The summed E-state index contributed by atoms with van der Waals surface area (Å²) in [5, 5.41) is 1.46. The van der Waals surface area contributed by atoms with Crippen LogP contribution >= 0.6 is 34.8 Å². The molecule has 4 nitrogen and oxygen atoms in total. The van der Waals surface area contributed by atoms with Gasteiger partial charge in [0.25, 0.3) is 5.91 Å². The van der Waals surface area contributed by atoms with Gasteiger partial charge in [-0.2, -0.15) is 0 Å². The molecule has 0 N–H and O–H groups in total. The van der Waals surface area contributed by atoms with Gasteiger partial charge in [-0.1, -0.05) is 40.9 Å². The minimum atomic E-state index is -0.241. The fourth-order valence-electron chi connectivity index (χ4n) is 2.41. The first-order valence-corrected chi connectivity index (χ1v) is 8.15. The van der Waals surface area contributed by atoms with E-state index in [-0.39, 0.29) is 12.0 Å². The van der Waals surface area contributed by atoms with Gasteiger partial charge in [-0.15, -0.1) is 0 Å². The van der Waals surface area contributed by atoms with E-state index in [1.165, 1.54) is 6.20 Å². The lowest BCUT2D eigenvalue weighted by Crippen LogP contribution is -2.42. The van der Waals surface area contributed by atoms with E-state index in [1.807, 2.05) is 6.07 Å². The molecule has 0 saturated carbocycles. The highest BCUT2D eigenvalue weighted by atomic mass is 35.5.